The summed E-state index contributed by atoms with van der Waals surface area (Å²) in [5.74, 6) is -0.209. The monoisotopic (exact) mass is 213 g/mol. The van der Waals surface area contributed by atoms with Crippen LogP contribution in [0.15, 0.2) is 0 Å². The molecule has 0 atom stereocenters. The summed E-state index contributed by atoms with van der Waals surface area (Å²) in [6.45, 7) is 3.87. The van der Waals surface area contributed by atoms with Crippen LogP contribution in [-0.2, 0) is 9.53 Å². The molecule has 1 aliphatic carbocycles. The van der Waals surface area contributed by atoms with Crippen molar-refractivity contribution in [2.24, 2.45) is 5.73 Å². The van der Waals surface area contributed by atoms with Gasteiger partial charge in [-0.15, -0.1) is 0 Å². The number of carbonyl (C=O) groups is 1. The molecule has 0 aromatic heterocycles. The standard InChI is InChI=1S/C12H23NO2/c1-3-12(13,4-2)11(14)15-10-8-6-5-7-9-10/h10H,3-9,13H2,1-2H3. The van der Waals surface area contributed by atoms with E-state index >= 15 is 0 Å². The summed E-state index contributed by atoms with van der Waals surface area (Å²) in [5, 5.41) is 0. The Morgan fingerprint density at radius 1 is 1.27 bits per heavy atom. The molecule has 0 radical (unpaired) electrons. The molecule has 3 heteroatoms. The molecular weight excluding hydrogens is 190 g/mol. The number of hydrogen-bond acceptors (Lipinski definition) is 3. The van der Waals surface area contributed by atoms with Gasteiger partial charge in [0.2, 0.25) is 0 Å². The highest BCUT2D eigenvalue weighted by atomic mass is 16.5. The largest absolute Gasteiger partial charge is 0.461 e. The van der Waals surface area contributed by atoms with E-state index < -0.39 is 5.54 Å². The molecule has 2 N–H and O–H groups in total. The molecule has 0 unspecified atom stereocenters. The van der Waals surface area contributed by atoms with E-state index in [1.54, 1.807) is 0 Å². The Morgan fingerprint density at radius 2 is 1.80 bits per heavy atom. The molecule has 1 saturated carbocycles. The lowest BCUT2D eigenvalue weighted by Gasteiger charge is -2.29. The van der Waals surface area contributed by atoms with E-state index in [4.69, 9.17) is 10.5 Å². The fourth-order valence-corrected chi connectivity index (χ4v) is 1.99. The fraction of sp³-hybridized carbons (Fsp3) is 0.917. The van der Waals surface area contributed by atoms with Crippen LogP contribution >= 0.6 is 0 Å². The van der Waals surface area contributed by atoms with Crippen LogP contribution in [0, 0.1) is 0 Å². The lowest BCUT2D eigenvalue weighted by molar-refractivity contribution is -0.157. The summed E-state index contributed by atoms with van der Waals surface area (Å²) in [7, 11) is 0. The van der Waals surface area contributed by atoms with Crippen molar-refractivity contribution >= 4 is 5.97 Å². The topological polar surface area (TPSA) is 52.3 Å². The van der Waals surface area contributed by atoms with E-state index in [0.29, 0.717) is 12.8 Å². The van der Waals surface area contributed by atoms with Gasteiger partial charge in [-0.3, -0.25) is 4.79 Å². The number of carbonyl (C=O) groups excluding carboxylic acids is 1. The molecule has 0 saturated heterocycles. The third-order valence-electron chi connectivity index (χ3n) is 3.49. The maximum atomic E-state index is 11.8. The Labute approximate surface area is 92.4 Å². The normalized spacial score (nSPS) is 18.9. The summed E-state index contributed by atoms with van der Waals surface area (Å²) >= 11 is 0. The second-order valence-electron chi connectivity index (χ2n) is 4.53. The van der Waals surface area contributed by atoms with Gasteiger partial charge in [-0.1, -0.05) is 20.3 Å². The van der Waals surface area contributed by atoms with Crippen LogP contribution in [0.5, 0.6) is 0 Å². The first-order valence-corrected chi connectivity index (χ1v) is 6.12. The quantitative estimate of drug-likeness (QED) is 0.729. The number of ether oxygens (including phenoxy) is 1. The van der Waals surface area contributed by atoms with Gasteiger partial charge in [-0.2, -0.15) is 0 Å². The second kappa shape index (κ2) is 5.50. The van der Waals surface area contributed by atoms with E-state index in [2.05, 4.69) is 0 Å². The summed E-state index contributed by atoms with van der Waals surface area (Å²) in [5.41, 5.74) is 5.22. The van der Waals surface area contributed by atoms with Crippen LogP contribution in [0.3, 0.4) is 0 Å². The van der Waals surface area contributed by atoms with Crippen molar-refractivity contribution in [2.45, 2.75) is 70.4 Å². The van der Waals surface area contributed by atoms with Crippen LogP contribution in [0.2, 0.25) is 0 Å². The molecule has 15 heavy (non-hydrogen) atoms. The lowest BCUT2D eigenvalue weighted by atomic mass is 9.93. The van der Waals surface area contributed by atoms with Gasteiger partial charge in [0.25, 0.3) is 0 Å². The molecule has 1 fully saturated rings. The van der Waals surface area contributed by atoms with Crippen LogP contribution in [0.4, 0.5) is 0 Å². The second-order valence-corrected chi connectivity index (χ2v) is 4.53. The van der Waals surface area contributed by atoms with Crippen molar-refractivity contribution in [3.05, 3.63) is 0 Å². The molecule has 0 aromatic carbocycles. The van der Waals surface area contributed by atoms with Gasteiger partial charge in [-0.25, -0.2) is 0 Å². The van der Waals surface area contributed by atoms with E-state index in [1.807, 2.05) is 13.8 Å². The molecule has 0 amide bonds. The van der Waals surface area contributed by atoms with Crippen molar-refractivity contribution in [3.63, 3.8) is 0 Å². The molecular formula is C12H23NO2. The summed E-state index contributed by atoms with van der Waals surface area (Å²) < 4.78 is 5.47. The van der Waals surface area contributed by atoms with Crippen LogP contribution in [-0.4, -0.2) is 17.6 Å². The number of hydrogen-bond donors (Lipinski definition) is 1. The van der Waals surface area contributed by atoms with Crippen LogP contribution in [0.25, 0.3) is 0 Å². The average Bonchev–Trinajstić information content (AvgIpc) is 2.29. The molecule has 3 nitrogen and oxygen atoms in total. The minimum atomic E-state index is -0.766. The van der Waals surface area contributed by atoms with Crippen molar-refractivity contribution in [1.29, 1.82) is 0 Å². The molecule has 88 valence electrons. The van der Waals surface area contributed by atoms with Gasteiger partial charge >= 0.3 is 5.97 Å². The van der Waals surface area contributed by atoms with E-state index in [1.165, 1.54) is 19.3 Å². The first-order chi connectivity index (χ1) is 7.12. The highest BCUT2D eigenvalue weighted by Gasteiger charge is 2.33. The van der Waals surface area contributed by atoms with Gasteiger partial charge in [0.05, 0.1) is 0 Å². The van der Waals surface area contributed by atoms with Crippen molar-refractivity contribution in [1.82, 2.24) is 0 Å². The molecule has 1 aliphatic rings. The van der Waals surface area contributed by atoms with Crippen molar-refractivity contribution < 1.29 is 9.53 Å². The Hall–Kier alpha value is -0.570. The first-order valence-electron chi connectivity index (χ1n) is 6.12. The summed E-state index contributed by atoms with van der Waals surface area (Å²) in [6, 6.07) is 0. The molecule has 0 spiro atoms. The Kier molecular flexibility index (Phi) is 4.58. The minimum absolute atomic E-state index is 0.118. The molecule has 0 heterocycles. The van der Waals surface area contributed by atoms with Gasteiger partial charge < -0.3 is 10.5 Å². The van der Waals surface area contributed by atoms with Gasteiger partial charge in [0, 0.05) is 0 Å². The average molecular weight is 213 g/mol. The van der Waals surface area contributed by atoms with Gasteiger partial charge in [0.15, 0.2) is 0 Å². The highest BCUT2D eigenvalue weighted by molar-refractivity contribution is 5.80. The summed E-state index contributed by atoms with van der Waals surface area (Å²) in [4.78, 5) is 11.8. The Balaban J connectivity index is 2.45. The van der Waals surface area contributed by atoms with E-state index in [0.717, 1.165) is 12.8 Å². The zero-order chi connectivity index (χ0) is 11.3. The Morgan fingerprint density at radius 3 is 2.27 bits per heavy atom. The molecule has 1 rings (SSSR count). The van der Waals surface area contributed by atoms with Crippen molar-refractivity contribution in [3.8, 4) is 0 Å². The van der Waals surface area contributed by atoms with E-state index in [9.17, 15) is 4.79 Å². The smallest absolute Gasteiger partial charge is 0.326 e. The molecule has 0 aromatic rings. The van der Waals surface area contributed by atoms with Crippen molar-refractivity contribution in [2.75, 3.05) is 0 Å². The van der Waals surface area contributed by atoms with Gasteiger partial charge in [0.1, 0.15) is 11.6 Å². The van der Waals surface area contributed by atoms with E-state index in [-0.39, 0.29) is 12.1 Å². The molecule has 0 bridgehead atoms. The first kappa shape index (κ1) is 12.5. The Bertz CT molecular complexity index is 206. The van der Waals surface area contributed by atoms with Gasteiger partial charge in [-0.05, 0) is 38.5 Å². The highest BCUT2D eigenvalue weighted by Crippen LogP contribution is 2.23. The number of rotatable bonds is 4. The predicted octanol–water partition coefficient (Wildman–Crippen LogP) is 2.38. The SMILES string of the molecule is CCC(N)(CC)C(=O)OC1CCCCC1. The molecule has 0 aliphatic heterocycles. The zero-order valence-corrected chi connectivity index (χ0v) is 9.92. The lowest BCUT2D eigenvalue weighted by Crippen LogP contribution is -2.49. The third kappa shape index (κ3) is 3.20. The predicted molar refractivity (Wildman–Crippen MR) is 60.5 cm³/mol. The fourth-order valence-electron chi connectivity index (χ4n) is 1.99. The van der Waals surface area contributed by atoms with Crippen LogP contribution in [0.1, 0.15) is 58.8 Å². The third-order valence-corrected chi connectivity index (χ3v) is 3.49. The maximum absolute atomic E-state index is 11.8. The number of esters is 1. The minimum Gasteiger partial charge on any atom is -0.461 e. The zero-order valence-electron chi connectivity index (χ0n) is 9.92. The maximum Gasteiger partial charge on any atom is 0.326 e. The van der Waals surface area contributed by atoms with Crippen LogP contribution < -0.4 is 5.73 Å². The summed E-state index contributed by atoms with van der Waals surface area (Å²) in [6.07, 6.45) is 7.05. The number of nitrogens with two attached hydrogens (primary N) is 1.